The number of anilines is 1. The van der Waals surface area contributed by atoms with Crippen molar-refractivity contribution in [3.8, 4) is 0 Å². The van der Waals surface area contributed by atoms with Crippen LogP contribution < -0.4 is 5.32 Å². The van der Waals surface area contributed by atoms with Gasteiger partial charge in [-0.2, -0.15) is 0 Å². The molecule has 1 fully saturated rings. The third-order valence-corrected chi connectivity index (χ3v) is 5.49. The summed E-state index contributed by atoms with van der Waals surface area (Å²) in [5, 5.41) is 13.5. The maximum atomic E-state index is 13.0. The smallest absolute Gasteiger partial charge is 0.322 e. The Balaban J connectivity index is 1.46. The summed E-state index contributed by atoms with van der Waals surface area (Å²) in [6, 6.07) is 9.31. The van der Waals surface area contributed by atoms with Crippen molar-refractivity contribution in [1.29, 1.82) is 0 Å². The highest BCUT2D eigenvalue weighted by molar-refractivity contribution is 5.90. The number of aliphatic hydroxyl groups excluding tert-OH is 1. The molecule has 0 saturated carbocycles. The molecule has 1 aliphatic carbocycles. The van der Waals surface area contributed by atoms with Gasteiger partial charge in [-0.05, 0) is 55.0 Å². The Morgan fingerprint density at radius 2 is 2.15 bits per heavy atom. The van der Waals surface area contributed by atoms with Crippen molar-refractivity contribution in [3.05, 3.63) is 53.5 Å². The first-order valence-corrected chi connectivity index (χ1v) is 9.70. The van der Waals surface area contributed by atoms with Crippen LogP contribution in [0.15, 0.2) is 41.0 Å². The summed E-state index contributed by atoms with van der Waals surface area (Å²) >= 11 is 0. The topological polar surface area (TPSA) is 74.9 Å². The van der Waals surface area contributed by atoms with Crippen molar-refractivity contribution in [2.75, 3.05) is 25.1 Å². The second kappa shape index (κ2) is 8.15. The Morgan fingerprint density at radius 3 is 3.00 bits per heavy atom. The number of urea groups is 1. The van der Waals surface area contributed by atoms with Crippen LogP contribution in [0.5, 0.6) is 0 Å². The van der Waals surface area contributed by atoms with Crippen molar-refractivity contribution in [1.82, 2.24) is 4.90 Å². The third kappa shape index (κ3) is 4.01. The number of rotatable bonds is 4. The second-order valence-electron chi connectivity index (χ2n) is 7.27. The average molecular weight is 370 g/mol. The van der Waals surface area contributed by atoms with Crippen LogP contribution in [0, 0.1) is 0 Å². The normalized spacial score (nSPS) is 20.8. The number of aryl methyl sites for hydroxylation is 1. The fourth-order valence-corrected chi connectivity index (χ4v) is 4.06. The molecule has 1 aromatic carbocycles. The lowest BCUT2D eigenvalue weighted by molar-refractivity contribution is -0.00713. The number of nitrogens with one attached hydrogen (secondary N) is 1. The molecule has 2 N–H and O–H groups in total. The van der Waals surface area contributed by atoms with E-state index >= 15 is 0 Å². The summed E-state index contributed by atoms with van der Waals surface area (Å²) in [7, 11) is 0. The first-order valence-electron chi connectivity index (χ1n) is 9.70. The number of fused-ring (bicyclic) bond motifs is 1. The molecule has 1 aromatic heterocycles. The zero-order valence-corrected chi connectivity index (χ0v) is 15.4. The van der Waals surface area contributed by atoms with Crippen LogP contribution >= 0.6 is 0 Å². The van der Waals surface area contributed by atoms with E-state index in [-0.39, 0.29) is 12.1 Å². The lowest BCUT2D eigenvalue weighted by atomic mass is 9.90. The summed E-state index contributed by atoms with van der Waals surface area (Å²) in [6.45, 7) is 1.43. The van der Waals surface area contributed by atoms with Gasteiger partial charge in [-0.3, -0.25) is 0 Å². The summed E-state index contributed by atoms with van der Waals surface area (Å²) in [6.07, 6.45) is 5.62. The van der Waals surface area contributed by atoms with E-state index < -0.39 is 6.10 Å². The molecule has 1 saturated heterocycles. The molecule has 144 valence electrons. The van der Waals surface area contributed by atoms with Crippen molar-refractivity contribution < 1.29 is 19.1 Å². The first kappa shape index (κ1) is 18.1. The number of carbonyl (C=O) groups excluding carboxylic acids is 1. The zero-order chi connectivity index (χ0) is 18.6. The van der Waals surface area contributed by atoms with Crippen LogP contribution in [-0.4, -0.2) is 41.8 Å². The van der Waals surface area contributed by atoms with Gasteiger partial charge in [0.05, 0.1) is 25.5 Å². The number of ether oxygens (including phenoxy) is 1. The summed E-state index contributed by atoms with van der Waals surface area (Å²) in [5.74, 6) is 0.512. The van der Waals surface area contributed by atoms with E-state index in [0.717, 1.165) is 24.9 Å². The Kier molecular flexibility index (Phi) is 5.45. The van der Waals surface area contributed by atoms with Gasteiger partial charge >= 0.3 is 6.03 Å². The number of amides is 2. The van der Waals surface area contributed by atoms with Gasteiger partial charge in [-0.15, -0.1) is 0 Å². The zero-order valence-electron chi connectivity index (χ0n) is 15.4. The SMILES string of the molecule is O=C(Nc1cccc2c1CCCC2)N1CCOC[C@H]1C[C@H](O)c1ccco1. The van der Waals surface area contributed by atoms with Gasteiger partial charge in [0.15, 0.2) is 0 Å². The quantitative estimate of drug-likeness (QED) is 0.864. The number of aliphatic hydroxyl groups is 1. The fraction of sp³-hybridized carbons (Fsp3) is 0.476. The van der Waals surface area contributed by atoms with Gasteiger partial charge in [0.25, 0.3) is 0 Å². The first-order chi connectivity index (χ1) is 13.2. The second-order valence-corrected chi connectivity index (χ2v) is 7.27. The molecule has 0 unspecified atom stereocenters. The summed E-state index contributed by atoms with van der Waals surface area (Å²) in [5.41, 5.74) is 3.51. The molecule has 2 heterocycles. The van der Waals surface area contributed by atoms with Crippen molar-refractivity contribution in [3.63, 3.8) is 0 Å². The molecular formula is C21H26N2O4. The monoisotopic (exact) mass is 370 g/mol. The molecule has 2 aromatic rings. The Labute approximate surface area is 159 Å². The number of carbonyl (C=O) groups is 1. The number of furan rings is 1. The van der Waals surface area contributed by atoms with E-state index in [1.165, 1.54) is 17.5 Å². The lowest BCUT2D eigenvalue weighted by Crippen LogP contribution is -2.51. The van der Waals surface area contributed by atoms with E-state index in [4.69, 9.17) is 9.15 Å². The molecule has 27 heavy (non-hydrogen) atoms. The Bertz CT molecular complexity index is 774. The van der Waals surface area contributed by atoms with Crippen LogP contribution in [0.3, 0.4) is 0 Å². The van der Waals surface area contributed by atoms with Gasteiger partial charge in [0.1, 0.15) is 11.9 Å². The predicted octanol–water partition coefficient (Wildman–Crippen LogP) is 3.51. The van der Waals surface area contributed by atoms with Crippen LogP contribution in [0.25, 0.3) is 0 Å². The fourth-order valence-electron chi connectivity index (χ4n) is 4.06. The van der Waals surface area contributed by atoms with Crippen molar-refractivity contribution >= 4 is 11.7 Å². The third-order valence-electron chi connectivity index (χ3n) is 5.49. The minimum absolute atomic E-state index is 0.131. The minimum Gasteiger partial charge on any atom is -0.467 e. The van der Waals surface area contributed by atoms with Gasteiger partial charge in [0.2, 0.25) is 0 Å². The van der Waals surface area contributed by atoms with E-state index in [1.54, 1.807) is 23.3 Å². The van der Waals surface area contributed by atoms with Gasteiger partial charge in [-0.1, -0.05) is 12.1 Å². The standard InChI is InChI=1S/C21H26N2O4/c24-19(20-9-4-11-27-20)13-16-14-26-12-10-23(16)21(25)22-18-8-3-6-15-5-1-2-7-17(15)18/h3-4,6,8-9,11,16,19,24H,1-2,5,7,10,12-14H2,(H,22,25)/t16-,19+/m1/s1. The largest absolute Gasteiger partial charge is 0.467 e. The lowest BCUT2D eigenvalue weighted by Gasteiger charge is -2.36. The van der Waals surface area contributed by atoms with Gasteiger partial charge in [0, 0.05) is 18.7 Å². The molecule has 0 bridgehead atoms. The Morgan fingerprint density at radius 1 is 1.26 bits per heavy atom. The molecule has 6 nitrogen and oxygen atoms in total. The van der Waals surface area contributed by atoms with E-state index in [9.17, 15) is 9.90 Å². The van der Waals surface area contributed by atoms with Gasteiger partial charge in [-0.25, -0.2) is 4.79 Å². The summed E-state index contributed by atoms with van der Waals surface area (Å²) in [4.78, 5) is 14.8. The Hall–Kier alpha value is -2.31. The molecule has 2 amide bonds. The van der Waals surface area contributed by atoms with Crippen LogP contribution in [0.1, 0.15) is 42.3 Å². The average Bonchev–Trinajstić information content (AvgIpc) is 3.24. The molecule has 1 aliphatic heterocycles. The van der Waals surface area contributed by atoms with Gasteiger partial charge < -0.3 is 24.5 Å². The minimum atomic E-state index is -0.758. The highest BCUT2D eigenvalue weighted by Crippen LogP contribution is 2.29. The van der Waals surface area contributed by atoms with E-state index in [0.29, 0.717) is 31.9 Å². The van der Waals surface area contributed by atoms with Crippen LogP contribution in [-0.2, 0) is 17.6 Å². The predicted molar refractivity (Wildman–Crippen MR) is 102 cm³/mol. The number of hydrogen-bond donors (Lipinski definition) is 2. The molecule has 0 spiro atoms. The highest BCUT2D eigenvalue weighted by Gasteiger charge is 2.30. The van der Waals surface area contributed by atoms with Crippen molar-refractivity contribution in [2.45, 2.75) is 44.2 Å². The highest BCUT2D eigenvalue weighted by atomic mass is 16.5. The molecule has 6 heteroatoms. The summed E-state index contributed by atoms with van der Waals surface area (Å²) < 4.78 is 10.8. The molecule has 0 radical (unpaired) electrons. The molecule has 2 atom stereocenters. The van der Waals surface area contributed by atoms with E-state index in [2.05, 4.69) is 11.4 Å². The maximum Gasteiger partial charge on any atom is 0.322 e. The van der Waals surface area contributed by atoms with Crippen LogP contribution in [0.4, 0.5) is 10.5 Å². The number of nitrogens with zero attached hydrogens (tertiary/aromatic N) is 1. The maximum absolute atomic E-state index is 13.0. The molecule has 2 aliphatic rings. The molecule has 4 rings (SSSR count). The van der Waals surface area contributed by atoms with Crippen molar-refractivity contribution in [2.24, 2.45) is 0 Å². The number of hydrogen-bond acceptors (Lipinski definition) is 4. The molecular weight excluding hydrogens is 344 g/mol. The number of benzene rings is 1. The van der Waals surface area contributed by atoms with E-state index in [1.807, 2.05) is 12.1 Å². The van der Waals surface area contributed by atoms with Crippen LogP contribution in [0.2, 0.25) is 0 Å². The number of morpholine rings is 1.